The van der Waals surface area contributed by atoms with Crippen molar-refractivity contribution in [2.75, 3.05) is 0 Å². The molecule has 0 unspecified atom stereocenters. The molecule has 2 radical (unpaired) electrons. The molecular weight excluding hydrogens is 138 g/mol. The summed E-state index contributed by atoms with van der Waals surface area (Å²) >= 11 is 0. The number of halogens is 1. The third-order valence-corrected chi connectivity index (χ3v) is 1.23. The van der Waals surface area contributed by atoms with Crippen molar-refractivity contribution in [1.82, 2.24) is 0 Å². The first-order valence-electron chi connectivity index (χ1n) is 3.72. The van der Waals surface area contributed by atoms with Gasteiger partial charge in [-0.2, -0.15) is 0 Å². The lowest BCUT2D eigenvalue weighted by molar-refractivity contribution is 0.627. The third kappa shape index (κ3) is 3.21. The van der Waals surface area contributed by atoms with Gasteiger partial charge in [-0.05, 0) is 19.1 Å². The Morgan fingerprint density at radius 2 is 1.82 bits per heavy atom. The summed E-state index contributed by atoms with van der Waals surface area (Å²) in [4.78, 5) is 0. The van der Waals surface area contributed by atoms with Crippen LogP contribution in [0.25, 0.3) is 0 Å². The smallest absolute Gasteiger partial charge is 0.123 e. The van der Waals surface area contributed by atoms with Crippen LogP contribution in [0.3, 0.4) is 0 Å². The fraction of sp³-hybridized carbons (Fsp3) is 0.333. The number of hydrogen-bond donors (Lipinski definition) is 0. The Morgan fingerprint density at radius 3 is 2.18 bits per heavy atom. The fourth-order valence-corrected chi connectivity index (χ4v) is 0.639. The Morgan fingerprint density at radius 1 is 1.27 bits per heavy atom. The molecule has 0 nitrogen and oxygen atoms in total. The van der Waals surface area contributed by atoms with Crippen molar-refractivity contribution in [3.05, 3.63) is 29.6 Å². The summed E-state index contributed by atoms with van der Waals surface area (Å²) < 4.78 is 12.3. The quantitative estimate of drug-likeness (QED) is 0.496. The molecule has 0 saturated carbocycles. The first kappa shape index (κ1) is 10.2. The molecule has 0 aromatic heterocycles. The van der Waals surface area contributed by atoms with Gasteiger partial charge < -0.3 is 0 Å². The van der Waals surface area contributed by atoms with Crippen LogP contribution < -0.4 is 5.46 Å². The minimum atomic E-state index is -0.235. The summed E-state index contributed by atoms with van der Waals surface area (Å²) in [5.74, 6) is -0.235. The van der Waals surface area contributed by atoms with Gasteiger partial charge in [0.15, 0.2) is 0 Å². The number of hydrogen-bond acceptors (Lipinski definition) is 0. The van der Waals surface area contributed by atoms with Gasteiger partial charge in [-0.25, -0.2) is 4.39 Å². The van der Waals surface area contributed by atoms with Crippen LogP contribution in [-0.4, -0.2) is 7.85 Å². The first-order chi connectivity index (χ1) is 5.20. The molecule has 0 fully saturated rings. The zero-order valence-electron chi connectivity index (χ0n) is 7.19. The molecule has 2 heteroatoms. The second-order valence-electron chi connectivity index (χ2n) is 2.00. The summed E-state index contributed by atoms with van der Waals surface area (Å²) in [5.41, 5.74) is 1.42. The summed E-state index contributed by atoms with van der Waals surface area (Å²) in [5, 5.41) is 0. The van der Waals surface area contributed by atoms with E-state index >= 15 is 0 Å². The molecule has 0 aliphatic rings. The van der Waals surface area contributed by atoms with E-state index in [-0.39, 0.29) is 5.82 Å². The van der Waals surface area contributed by atoms with E-state index in [9.17, 15) is 4.39 Å². The van der Waals surface area contributed by atoms with Crippen molar-refractivity contribution in [2.45, 2.75) is 20.8 Å². The van der Waals surface area contributed by atoms with Crippen molar-refractivity contribution < 1.29 is 4.39 Å². The Labute approximate surface area is 68.8 Å². The maximum absolute atomic E-state index is 12.3. The van der Waals surface area contributed by atoms with E-state index in [1.807, 2.05) is 13.8 Å². The van der Waals surface area contributed by atoms with Gasteiger partial charge in [0.05, 0.1) is 0 Å². The highest BCUT2D eigenvalue weighted by Crippen LogP contribution is 1.97. The van der Waals surface area contributed by atoms with E-state index < -0.39 is 0 Å². The average molecular weight is 150 g/mol. The lowest BCUT2D eigenvalue weighted by Crippen LogP contribution is -2.05. The van der Waals surface area contributed by atoms with Crippen LogP contribution in [0.1, 0.15) is 19.4 Å². The molecule has 0 spiro atoms. The van der Waals surface area contributed by atoms with Crippen LogP contribution in [0.15, 0.2) is 18.2 Å². The largest absolute Gasteiger partial charge is 0.207 e. The molecule has 0 saturated heterocycles. The van der Waals surface area contributed by atoms with Crippen LogP contribution in [0.4, 0.5) is 4.39 Å². The number of rotatable bonds is 0. The average Bonchev–Trinajstić information content (AvgIpc) is 2.02. The van der Waals surface area contributed by atoms with E-state index in [1.165, 1.54) is 12.1 Å². The van der Waals surface area contributed by atoms with Crippen LogP contribution in [0, 0.1) is 12.7 Å². The highest BCUT2D eigenvalue weighted by Gasteiger charge is 1.91. The van der Waals surface area contributed by atoms with Crippen LogP contribution in [-0.2, 0) is 0 Å². The molecule has 0 aliphatic carbocycles. The van der Waals surface area contributed by atoms with Gasteiger partial charge in [0.1, 0.15) is 13.7 Å². The number of aryl methyl sites for hydroxylation is 1. The molecule has 1 rings (SSSR count). The molecule has 58 valence electrons. The molecular formula is C9H12BF. The molecule has 0 amide bonds. The second kappa shape index (κ2) is 4.94. The standard InChI is InChI=1S/C7H6BF.C2H6/c1-5-4-6(9)2-3-7(5)8;1-2/h2-4H,1H3;1-2H3. The Bertz CT molecular complexity index is 221. The molecule has 0 N–H and O–H groups in total. The van der Waals surface area contributed by atoms with E-state index in [1.54, 1.807) is 13.0 Å². The van der Waals surface area contributed by atoms with Gasteiger partial charge in [-0.15, -0.1) is 0 Å². The van der Waals surface area contributed by atoms with Gasteiger partial charge in [-0.3, -0.25) is 0 Å². The lowest BCUT2D eigenvalue weighted by atomic mass is 9.91. The summed E-state index contributed by atoms with van der Waals surface area (Å²) in [6.07, 6.45) is 0. The van der Waals surface area contributed by atoms with Gasteiger partial charge >= 0.3 is 0 Å². The van der Waals surface area contributed by atoms with E-state index in [0.29, 0.717) is 5.46 Å². The summed E-state index contributed by atoms with van der Waals surface area (Å²) in [6.45, 7) is 5.78. The zero-order valence-corrected chi connectivity index (χ0v) is 7.19. The minimum Gasteiger partial charge on any atom is -0.207 e. The lowest BCUT2D eigenvalue weighted by Gasteiger charge is -1.96. The van der Waals surface area contributed by atoms with Gasteiger partial charge in [0.25, 0.3) is 0 Å². The predicted octanol–water partition coefficient (Wildman–Crippen LogP) is 1.95. The maximum Gasteiger partial charge on any atom is 0.123 e. The highest BCUT2D eigenvalue weighted by molar-refractivity contribution is 6.33. The molecule has 1 aromatic carbocycles. The maximum atomic E-state index is 12.3. The predicted molar refractivity (Wildman–Crippen MR) is 47.9 cm³/mol. The third-order valence-electron chi connectivity index (χ3n) is 1.23. The molecule has 1 aromatic rings. The Hall–Kier alpha value is -0.785. The first-order valence-corrected chi connectivity index (χ1v) is 3.72. The highest BCUT2D eigenvalue weighted by atomic mass is 19.1. The van der Waals surface area contributed by atoms with E-state index in [4.69, 9.17) is 7.85 Å². The summed E-state index contributed by atoms with van der Waals surface area (Å²) in [6, 6.07) is 4.32. The van der Waals surface area contributed by atoms with Gasteiger partial charge in [0, 0.05) is 0 Å². The van der Waals surface area contributed by atoms with E-state index in [0.717, 1.165) is 5.56 Å². The van der Waals surface area contributed by atoms with Gasteiger partial charge in [0.2, 0.25) is 0 Å². The van der Waals surface area contributed by atoms with Gasteiger partial charge in [-0.1, -0.05) is 30.9 Å². The number of benzene rings is 1. The Kier molecular flexibility index (Phi) is 4.59. The van der Waals surface area contributed by atoms with Crippen molar-refractivity contribution in [2.24, 2.45) is 0 Å². The Balaban J connectivity index is 0.000000461. The van der Waals surface area contributed by atoms with Crippen molar-refractivity contribution in [3.8, 4) is 0 Å². The molecule has 0 aliphatic heterocycles. The SMILES string of the molecule is CC.[B]c1ccc(F)cc1C. The fourth-order valence-electron chi connectivity index (χ4n) is 0.639. The second-order valence-corrected chi connectivity index (χ2v) is 2.00. The molecule has 0 atom stereocenters. The molecule has 0 bridgehead atoms. The van der Waals surface area contributed by atoms with Crippen LogP contribution in [0.2, 0.25) is 0 Å². The monoisotopic (exact) mass is 150 g/mol. The topological polar surface area (TPSA) is 0 Å². The van der Waals surface area contributed by atoms with Crippen molar-refractivity contribution in [3.63, 3.8) is 0 Å². The summed E-state index contributed by atoms with van der Waals surface area (Å²) in [7, 11) is 5.42. The van der Waals surface area contributed by atoms with Crippen LogP contribution in [0.5, 0.6) is 0 Å². The zero-order chi connectivity index (χ0) is 8.85. The van der Waals surface area contributed by atoms with Crippen LogP contribution >= 0.6 is 0 Å². The molecule has 11 heavy (non-hydrogen) atoms. The normalized spacial score (nSPS) is 8.36. The minimum absolute atomic E-state index is 0.235. The van der Waals surface area contributed by atoms with Crippen molar-refractivity contribution in [1.29, 1.82) is 0 Å². The van der Waals surface area contributed by atoms with Crippen molar-refractivity contribution >= 4 is 13.3 Å². The molecule has 0 heterocycles. The van der Waals surface area contributed by atoms with E-state index in [2.05, 4.69) is 0 Å².